The number of nitrogens with zero attached hydrogens (tertiary/aromatic N) is 1. The van der Waals surface area contributed by atoms with Crippen molar-refractivity contribution in [3.8, 4) is 0 Å². The summed E-state index contributed by atoms with van der Waals surface area (Å²) >= 11 is 0. The van der Waals surface area contributed by atoms with Crippen LogP contribution in [0.25, 0.3) is 0 Å². The van der Waals surface area contributed by atoms with Gasteiger partial charge in [-0.1, -0.05) is 26.8 Å². The maximum Gasteiger partial charge on any atom is 0.0600 e. The molecule has 0 aliphatic carbocycles. The standard InChI is InChI=1S/C17H28N2/c1-13-7-8-16(15(18)12-13)19-10-5-6-14(9-11-19)17(2,3)4/h7-8,12,14H,5-6,9-11,18H2,1-4H3. The second-order valence-electron chi connectivity index (χ2n) is 7.04. The number of nitrogen functional groups attached to an aromatic ring is 1. The molecule has 1 unspecified atom stereocenters. The van der Waals surface area contributed by atoms with Crippen molar-refractivity contribution in [3.63, 3.8) is 0 Å². The summed E-state index contributed by atoms with van der Waals surface area (Å²) in [6.45, 7) is 11.5. The van der Waals surface area contributed by atoms with Crippen molar-refractivity contribution in [3.05, 3.63) is 23.8 Å². The molecule has 2 rings (SSSR count). The Hall–Kier alpha value is -1.18. The number of aryl methyl sites for hydroxylation is 1. The maximum absolute atomic E-state index is 6.18. The lowest BCUT2D eigenvalue weighted by atomic mass is 9.77. The summed E-state index contributed by atoms with van der Waals surface area (Å²) in [5, 5.41) is 0. The predicted octanol–water partition coefficient (Wildman–Crippen LogP) is 4.23. The number of anilines is 2. The van der Waals surface area contributed by atoms with Crippen LogP contribution in [0.1, 0.15) is 45.6 Å². The van der Waals surface area contributed by atoms with Gasteiger partial charge in [-0.15, -0.1) is 0 Å². The lowest BCUT2D eigenvalue weighted by Gasteiger charge is -2.30. The van der Waals surface area contributed by atoms with Crippen LogP contribution in [0, 0.1) is 18.3 Å². The molecule has 1 fully saturated rings. The summed E-state index contributed by atoms with van der Waals surface area (Å²) in [5.74, 6) is 0.823. The van der Waals surface area contributed by atoms with Crippen LogP contribution in [-0.4, -0.2) is 13.1 Å². The highest BCUT2D eigenvalue weighted by atomic mass is 15.1. The van der Waals surface area contributed by atoms with E-state index in [0.717, 1.165) is 24.7 Å². The smallest absolute Gasteiger partial charge is 0.0600 e. The molecule has 1 aliphatic heterocycles. The van der Waals surface area contributed by atoms with E-state index < -0.39 is 0 Å². The van der Waals surface area contributed by atoms with Gasteiger partial charge < -0.3 is 10.6 Å². The molecule has 1 atom stereocenters. The van der Waals surface area contributed by atoms with Crippen LogP contribution < -0.4 is 10.6 Å². The minimum absolute atomic E-state index is 0.425. The highest BCUT2D eigenvalue weighted by Gasteiger charge is 2.27. The van der Waals surface area contributed by atoms with Crippen LogP contribution in [0.5, 0.6) is 0 Å². The molecule has 1 saturated heterocycles. The quantitative estimate of drug-likeness (QED) is 0.766. The van der Waals surface area contributed by atoms with Crippen molar-refractivity contribution in [2.75, 3.05) is 23.7 Å². The Kier molecular flexibility index (Phi) is 4.07. The summed E-state index contributed by atoms with van der Waals surface area (Å²) in [5.41, 5.74) is 9.99. The van der Waals surface area contributed by atoms with Gasteiger partial charge in [0.15, 0.2) is 0 Å². The van der Waals surface area contributed by atoms with Gasteiger partial charge in [0, 0.05) is 13.1 Å². The zero-order chi connectivity index (χ0) is 14.0. The van der Waals surface area contributed by atoms with Gasteiger partial charge in [0.2, 0.25) is 0 Å². The molecular weight excluding hydrogens is 232 g/mol. The minimum atomic E-state index is 0.425. The second-order valence-corrected chi connectivity index (χ2v) is 7.04. The van der Waals surface area contributed by atoms with E-state index in [0.29, 0.717) is 5.41 Å². The molecule has 2 nitrogen and oxygen atoms in total. The molecule has 2 heteroatoms. The zero-order valence-corrected chi connectivity index (χ0v) is 12.9. The van der Waals surface area contributed by atoms with Crippen molar-refractivity contribution in [2.45, 2.75) is 47.0 Å². The third-order valence-corrected chi connectivity index (χ3v) is 4.48. The van der Waals surface area contributed by atoms with Gasteiger partial charge in [-0.3, -0.25) is 0 Å². The van der Waals surface area contributed by atoms with E-state index in [-0.39, 0.29) is 0 Å². The van der Waals surface area contributed by atoms with E-state index in [1.54, 1.807) is 0 Å². The first-order chi connectivity index (χ1) is 8.88. The number of hydrogen-bond acceptors (Lipinski definition) is 2. The summed E-state index contributed by atoms with van der Waals surface area (Å²) in [7, 11) is 0. The van der Waals surface area contributed by atoms with E-state index >= 15 is 0 Å². The first kappa shape index (κ1) is 14.2. The molecule has 0 amide bonds. The molecule has 1 aromatic rings. The largest absolute Gasteiger partial charge is 0.397 e. The van der Waals surface area contributed by atoms with E-state index in [1.807, 2.05) is 0 Å². The Morgan fingerprint density at radius 3 is 2.53 bits per heavy atom. The Bertz CT molecular complexity index is 431. The molecule has 0 aromatic heterocycles. The summed E-state index contributed by atoms with van der Waals surface area (Å²) in [4.78, 5) is 2.47. The first-order valence-electron chi connectivity index (χ1n) is 7.49. The van der Waals surface area contributed by atoms with Gasteiger partial charge in [0.25, 0.3) is 0 Å². The fraction of sp³-hybridized carbons (Fsp3) is 0.647. The second kappa shape index (κ2) is 5.44. The highest BCUT2D eigenvalue weighted by Crippen LogP contribution is 2.36. The molecule has 0 saturated carbocycles. The van der Waals surface area contributed by atoms with E-state index in [2.05, 4.69) is 50.8 Å². The normalized spacial score (nSPS) is 21.3. The summed E-state index contributed by atoms with van der Waals surface area (Å²) in [6.07, 6.45) is 3.89. The van der Waals surface area contributed by atoms with Crippen LogP contribution in [0.3, 0.4) is 0 Å². The third-order valence-electron chi connectivity index (χ3n) is 4.48. The molecular formula is C17H28N2. The van der Waals surface area contributed by atoms with Crippen molar-refractivity contribution in [1.82, 2.24) is 0 Å². The Labute approximate surface area is 118 Å². The molecule has 0 bridgehead atoms. The minimum Gasteiger partial charge on any atom is -0.397 e. The van der Waals surface area contributed by atoms with Crippen molar-refractivity contribution in [1.29, 1.82) is 0 Å². The number of nitrogens with two attached hydrogens (primary N) is 1. The molecule has 19 heavy (non-hydrogen) atoms. The number of hydrogen-bond donors (Lipinski definition) is 1. The van der Waals surface area contributed by atoms with Crippen LogP contribution in [0.2, 0.25) is 0 Å². The zero-order valence-electron chi connectivity index (χ0n) is 12.9. The monoisotopic (exact) mass is 260 g/mol. The van der Waals surface area contributed by atoms with Crippen LogP contribution in [-0.2, 0) is 0 Å². The summed E-state index contributed by atoms with van der Waals surface area (Å²) in [6, 6.07) is 6.43. The van der Waals surface area contributed by atoms with Gasteiger partial charge >= 0.3 is 0 Å². The van der Waals surface area contributed by atoms with Gasteiger partial charge in [-0.25, -0.2) is 0 Å². The van der Waals surface area contributed by atoms with Gasteiger partial charge in [-0.05, 0) is 55.2 Å². The highest BCUT2D eigenvalue weighted by molar-refractivity contribution is 5.68. The lowest BCUT2D eigenvalue weighted by molar-refractivity contribution is 0.220. The molecule has 0 spiro atoms. The van der Waals surface area contributed by atoms with Gasteiger partial charge in [-0.2, -0.15) is 0 Å². The van der Waals surface area contributed by atoms with Crippen LogP contribution in [0.15, 0.2) is 18.2 Å². The van der Waals surface area contributed by atoms with Crippen molar-refractivity contribution < 1.29 is 0 Å². The first-order valence-corrected chi connectivity index (χ1v) is 7.49. The van der Waals surface area contributed by atoms with E-state index in [4.69, 9.17) is 5.73 Å². The fourth-order valence-corrected chi connectivity index (χ4v) is 3.17. The Morgan fingerprint density at radius 2 is 1.89 bits per heavy atom. The lowest BCUT2D eigenvalue weighted by Crippen LogP contribution is -2.26. The van der Waals surface area contributed by atoms with Crippen molar-refractivity contribution >= 4 is 11.4 Å². The molecule has 106 valence electrons. The third kappa shape index (κ3) is 3.43. The maximum atomic E-state index is 6.18. The Balaban J connectivity index is 2.11. The number of rotatable bonds is 1. The van der Waals surface area contributed by atoms with Crippen molar-refractivity contribution in [2.24, 2.45) is 11.3 Å². The Morgan fingerprint density at radius 1 is 1.16 bits per heavy atom. The predicted molar refractivity (Wildman–Crippen MR) is 84.6 cm³/mol. The topological polar surface area (TPSA) is 29.3 Å². The van der Waals surface area contributed by atoms with Gasteiger partial charge in [0.1, 0.15) is 0 Å². The van der Waals surface area contributed by atoms with Crippen LogP contribution >= 0.6 is 0 Å². The molecule has 1 aromatic carbocycles. The average molecular weight is 260 g/mol. The molecule has 2 N–H and O–H groups in total. The molecule has 1 aliphatic rings. The van der Waals surface area contributed by atoms with Crippen LogP contribution in [0.4, 0.5) is 11.4 Å². The van der Waals surface area contributed by atoms with E-state index in [1.165, 1.54) is 30.5 Å². The van der Waals surface area contributed by atoms with Gasteiger partial charge in [0.05, 0.1) is 11.4 Å². The SMILES string of the molecule is Cc1ccc(N2CCCC(C(C)(C)C)CC2)c(N)c1. The molecule has 0 radical (unpaired) electrons. The molecule has 1 heterocycles. The number of benzene rings is 1. The summed E-state index contributed by atoms with van der Waals surface area (Å²) < 4.78 is 0. The average Bonchev–Trinajstić information content (AvgIpc) is 2.54. The fourth-order valence-electron chi connectivity index (χ4n) is 3.17. The van der Waals surface area contributed by atoms with E-state index in [9.17, 15) is 0 Å².